The van der Waals surface area contributed by atoms with Crippen molar-refractivity contribution in [2.45, 2.75) is 32.7 Å². The summed E-state index contributed by atoms with van der Waals surface area (Å²) in [5.41, 5.74) is 0. The van der Waals surface area contributed by atoms with E-state index >= 15 is 0 Å². The first-order valence-corrected chi connectivity index (χ1v) is 10.8. The van der Waals surface area contributed by atoms with E-state index in [9.17, 15) is 0 Å². The Kier molecular flexibility index (Phi) is 3.71. The molecular formula is C6H19N2Si3. The number of nitrogens with zero attached hydrogens (tertiary/aromatic N) is 1. The number of hydrogen-bond donors (Lipinski definition) is 1. The Morgan fingerprint density at radius 2 is 1.45 bits per heavy atom. The van der Waals surface area contributed by atoms with Crippen LogP contribution in [0.4, 0.5) is 0 Å². The molecule has 5 heteroatoms. The minimum atomic E-state index is -1.36. The normalized spacial score (nSPS) is 14.2. The first-order valence-electron chi connectivity index (χ1n) is 3.89. The summed E-state index contributed by atoms with van der Waals surface area (Å²) in [6, 6.07) is 0. The van der Waals surface area contributed by atoms with Gasteiger partial charge in [0.2, 0.25) is 0 Å². The molecule has 0 aliphatic rings. The number of rotatable bonds is 3. The van der Waals surface area contributed by atoms with Crippen LogP contribution in [0.5, 0.6) is 0 Å². The molecule has 3 radical (unpaired) electrons. The lowest BCUT2D eigenvalue weighted by molar-refractivity contribution is 0.741. The number of hydrogen-bond acceptors (Lipinski definition) is 2. The second kappa shape index (κ2) is 3.53. The smallest absolute Gasteiger partial charge is 0.183 e. The quantitative estimate of drug-likeness (QED) is 0.692. The van der Waals surface area contributed by atoms with Gasteiger partial charge in [-0.1, -0.05) is 19.6 Å². The number of nitrogens with one attached hydrogen (secondary N) is 1. The highest BCUT2D eigenvalue weighted by Gasteiger charge is 2.33. The van der Waals surface area contributed by atoms with E-state index in [1.54, 1.807) is 0 Å². The molecule has 0 saturated heterocycles. The standard InChI is InChI=1S/C6H19N2Si3/c1-8(10(2,3)4)11(5,6)7-9/h7H,1-6H3. The van der Waals surface area contributed by atoms with Crippen LogP contribution >= 0.6 is 0 Å². The molecule has 0 rings (SSSR count). The van der Waals surface area contributed by atoms with Gasteiger partial charge in [0.25, 0.3) is 0 Å². The van der Waals surface area contributed by atoms with Gasteiger partial charge in [0.05, 0.1) is 0 Å². The van der Waals surface area contributed by atoms with Gasteiger partial charge in [0, 0.05) is 0 Å². The summed E-state index contributed by atoms with van der Waals surface area (Å²) in [7, 11) is 3.16. The Balaban J connectivity index is 4.35. The van der Waals surface area contributed by atoms with E-state index in [0.29, 0.717) is 0 Å². The van der Waals surface area contributed by atoms with Gasteiger partial charge < -0.3 is 8.88 Å². The average Bonchev–Trinajstić information content (AvgIpc) is 1.84. The molecule has 1 N–H and O–H groups in total. The highest BCUT2D eigenvalue weighted by Crippen LogP contribution is 2.13. The van der Waals surface area contributed by atoms with Crippen molar-refractivity contribution in [2.75, 3.05) is 7.05 Å². The van der Waals surface area contributed by atoms with Crippen molar-refractivity contribution in [3.8, 4) is 0 Å². The Hall–Kier alpha value is 0.571. The molecule has 0 bridgehead atoms. The van der Waals surface area contributed by atoms with Crippen molar-refractivity contribution in [1.82, 2.24) is 8.88 Å². The van der Waals surface area contributed by atoms with Crippen molar-refractivity contribution in [2.24, 2.45) is 0 Å². The zero-order valence-electron chi connectivity index (χ0n) is 8.45. The third kappa shape index (κ3) is 3.20. The van der Waals surface area contributed by atoms with Gasteiger partial charge in [-0.25, -0.2) is 0 Å². The Morgan fingerprint density at radius 1 is 1.09 bits per heavy atom. The molecule has 0 atom stereocenters. The predicted octanol–water partition coefficient (Wildman–Crippen LogP) is 1.13. The summed E-state index contributed by atoms with van der Waals surface area (Å²) < 4.78 is 5.80. The van der Waals surface area contributed by atoms with Gasteiger partial charge in [0.1, 0.15) is 18.6 Å². The van der Waals surface area contributed by atoms with E-state index in [0.717, 1.165) is 0 Å². The van der Waals surface area contributed by atoms with Crippen LogP contribution in [0.25, 0.3) is 0 Å². The third-order valence-corrected chi connectivity index (χ3v) is 12.0. The van der Waals surface area contributed by atoms with Gasteiger partial charge in [-0.15, -0.1) is 0 Å². The lowest BCUT2D eigenvalue weighted by atomic mass is 11.6. The zero-order chi connectivity index (χ0) is 9.28. The molecular weight excluding hydrogens is 184 g/mol. The maximum Gasteiger partial charge on any atom is 0.183 e. The van der Waals surface area contributed by atoms with E-state index in [1.165, 1.54) is 0 Å². The fourth-order valence-electron chi connectivity index (χ4n) is 0.922. The van der Waals surface area contributed by atoms with Crippen LogP contribution in [0.3, 0.4) is 0 Å². The van der Waals surface area contributed by atoms with Crippen molar-refractivity contribution < 1.29 is 0 Å². The predicted molar refractivity (Wildman–Crippen MR) is 57.5 cm³/mol. The molecule has 0 aliphatic carbocycles. The van der Waals surface area contributed by atoms with E-state index in [2.05, 4.69) is 59.1 Å². The molecule has 0 spiro atoms. The van der Waals surface area contributed by atoms with Gasteiger partial charge in [0.15, 0.2) is 8.40 Å². The second-order valence-electron chi connectivity index (χ2n) is 4.41. The zero-order valence-corrected chi connectivity index (χ0v) is 11.4. The van der Waals surface area contributed by atoms with Gasteiger partial charge in [-0.2, -0.15) is 0 Å². The van der Waals surface area contributed by atoms with Crippen LogP contribution in [0.2, 0.25) is 32.7 Å². The third-order valence-electron chi connectivity index (χ3n) is 2.15. The van der Waals surface area contributed by atoms with Crippen LogP contribution in [0, 0.1) is 0 Å². The van der Waals surface area contributed by atoms with Gasteiger partial charge in [-0.3, -0.25) is 0 Å². The SMILES string of the molecule is CN([Si](C)(C)C)[Si](C)(C)N[Si]. The topological polar surface area (TPSA) is 15.3 Å². The maximum absolute atomic E-state index is 3.40. The monoisotopic (exact) mass is 203 g/mol. The van der Waals surface area contributed by atoms with Crippen molar-refractivity contribution >= 4 is 27.0 Å². The minimum absolute atomic E-state index is 1.12. The molecule has 0 unspecified atom stereocenters. The molecule has 0 aliphatic heterocycles. The highest BCUT2D eigenvalue weighted by atomic mass is 28.4. The molecule has 0 aromatic heterocycles. The molecule has 2 nitrogen and oxygen atoms in total. The fourth-order valence-corrected chi connectivity index (χ4v) is 8.80. The summed E-state index contributed by atoms with van der Waals surface area (Å²) in [6.45, 7) is 11.7. The summed E-state index contributed by atoms with van der Waals surface area (Å²) in [4.78, 5) is 0. The van der Waals surface area contributed by atoms with Crippen LogP contribution in [-0.4, -0.2) is 38.3 Å². The Labute approximate surface area is 76.1 Å². The maximum atomic E-state index is 3.40. The molecule has 0 heterocycles. The largest absolute Gasteiger partial charge is 0.351 e. The van der Waals surface area contributed by atoms with Crippen molar-refractivity contribution in [1.29, 1.82) is 0 Å². The fraction of sp³-hybridized carbons (Fsp3) is 1.00. The summed E-state index contributed by atoms with van der Waals surface area (Å²) in [5.74, 6) is 0. The van der Waals surface area contributed by atoms with Gasteiger partial charge >= 0.3 is 0 Å². The van der Waals surface area contributed by atoms with Crippen molar-refractivity contribution in [3.05, 3.63) is 0 Å². The highest BCUT2D eigenvalue weighted by molar-refractivity contribution is 6.90. The second-order valence-corrected chi connectivity index (χ2v) is 14.7. The van der Waals surface area contributed by atoms with E-state index < -0.39 is 16.6 Å². The lowest BCUT2D eigenvalue weighted by Crippen LogP contribution is -2.65. The van der Waals surface area contributed by atoms with Crippen molar-refractivity contribution in [3.63, 3.8) is 0 Å². The first-order chi connectivity index (χ1) is 4.72. The molecule has 0 aromatic rings. The van der Waals surface area contributed by atoms with Crippen LogP contribution in [0.1, 0.15) is 0 Å². The molecule has 0 fully saturated rings. The van der Waals surface area contributed by atoms with Crippen LogP contribution < -0.4 is 4.65 Å². The summed E-state index contributed by atoms with van der Waals surface area (Å²) >= 11 is 0. The Bertz CT molecular complexity index is 130. The molecule has 0 amide bonds. The lowest BCUT2D eigenvalue weighted by Gasteiger charge is -2.41. The summed E-state index contributed by atoms with van der Waals surface area (Å²) in [5, 5.41) is 0. The first kappa shape index (κ1) is 11.6. The summed E-state index contributed by atoms with van der Waals surface area (Å²) in [6.07, 6.45) is 0. The van der Waals surface area contributed by atoms with Crippen LogP contribution in [-0.2, 0) is 0 Å². The van der Waals surface area contributed by atoms with Crippen LogP contribution in [0.15, 0.2) is 0 Å². The van der Waals surface area contributed by atoms with E-state index in [-0.39, 0.29) is 0 Å². The molecule has 0 aromatic carbocycles. The molecule has 0 saturated carbocycles. The average molecular weight is 203 g/mol. The Morgan fingerprint density at radius 3 is 1.55 bits per heavy atom. The molecule has 11 heavy (non-hydrogen) atoms. The minimum Gasteiger partial charge on any atom is -0.351 e. The molecule has 65 valence electrons. The van der Waals surface area contributed by atoms with E-state index in [1.807, 2.05) is 0 Å². The van der Waals surface area contributed by atoms with Gasteiger partial charge in [-0.05, 0) is 20.1 Å². The van der Waals surface area contributed by atoms with E-state index in [4.69, 9.17) is 0 Å².